The summed E-state index contributed by atoms with van der Waals surface area (Å²) in [6, 6.07) is 7.32. The standard InChI is InChI=1S/C19H26N2O5S/c1-26-17(22)9-10-27-12-13-3-2-4-16(11-13)21-19(25)20-15-7-5-14(6-8-15)18(23)24/h2-4,11,14-15H,5-10,12H2,1H3,(H,23,24)(H2,20,21,25). The molecule has 0 saturated heterocycles. The van der Waals surface area contributed by atoms with Gasteiger partial charge in [0.2, 0.25) is 0 Å². The van der Waals surface area contributed by atoms with Gasteiger partial charge < -0.3 is 20.5 Å². The van der Waals surface area contributed by atoms with Crippen LogP contribution in [0.4, 0.5) is 10.5 Å². The number of carboxylic acid groups (broad SMARTS) is 1. The Morgan fingerprint density at radius 1 is 1.22 bits per heavy atom. The molecule has 0 unspecified atom stereocenters. The highest BCUT2D eigenvalue weighted by atomic mass is 32.2. The largest absolute Gasteiger partial charge is 0.481 e. The first-order valence-electron chi connectivity index (χ1n) is 9.01. The first-order valence-corrected chi connectivity index (χ1v) is 10.2. The Morgan fingerprint density at radius 2 is 1.96 bits per heavy atom. The Bertz CT molecular complexity index is 659. The number of urea groups is 1. The summed E-state index contributed by atoms with van der Waals surface area (Å²) in [5.74, 6) is 0.169. The second-order valence-electron chi connectivity index (χ2n) is 6.56. The Labute approximate surface area is 163 Å². The summed E-state index contributed by atoms with van der Waals surface area (Å²) in [6.45, 7) is 0. The molecule has 1 aliphatic carbocycles. The molecule has 3 N–H and O–H groups in total. The summed E-state index contributed by atoms with van der Waals surface area (Å²) >= 11 is 1.63. The van der Waals surface area contributed by atoms with E-state index in [1.165, 1.54) is 7.11 Å². The molecule has 27 heavy (non-hydrogen) atoms. The summed E-state index contributed by atoms with van der Waals surface area (Å²) < 4.78 is 4.61. The molecule has 2 amide bonds. The lowest BCUT2D eigenvalue weighted by atomic mass is 9.86. The van der Waals surface area contributed by atoms with Gasteiger partial charge >= 0.3 is 18.0 Å². The number of rotatable bonds is 8. The van der Waals surface area contributed by atoms with Crippen molar-refractivity contribution >= 4 is 35.4 Å². The highest BCUT2D eigenvalue weighted by Gasteiger charge is 2.26. The van der Waals surface area contributed by atoms with Gasteiger partial charge in [-0.3, -0.25) is 9.59 Å². The number of thioether (sulfide) groups is 1. The third-order valence-electron chi connectivity index (χ3n) is 4.54. The number of hydrogen-bond donors (Lipinski definition) is 3. The Morgan fingerprint density at radius 3 is 2.63 bits per heavy atom. The van der Waals surface area contributed by atoms with Crippen LogP contribution >= 0.6 is 11.8 Å². The van der Waals surface area contributed by atoms with E-state index in [9.17, 15) is 14.4 Å². The van der Waals surface area contributed by atoms with E-state index in [0.29, 0.717) is 43.5 Å². The predicted molar refractivity (Wildman–Crippen MR) is 105 cm³/mol. The SMILES string of the molecule is COC(=O)CCSCc1cccc(NC(=O)NC2CCC(C(=O)O)CC2)c1. The van der Waals surface area contributed by atoms with Gasteiger partial charge in [-0.2, -0.15) is 11.8 Å². The fourth-order valence-corrected chi connectivity index (χ4v) is 3.89. The molecule has 2 rings (SSSR count). The van der Waals surface area contributed by atoms with Crippen LogP contribution in [0, 0.1) is 5.92 Å². The van der Waals surface area contributed by atoms with Crippen molar-refractivity contribution in [2.45, 2.75) is 43.9 Å². The molecule has 1 saturated carbocycles. The number of hydrogen-bond acceptors (Lipinski definition) is 5. The molecule has 148 valence electrons. The first kappa shape index (κ1) is 21.1. The molecule has 1 aliphatic rings. The maximum Gasteiger partial charge on any atom is 0.319 e. The number of carboxylic acids is 1. The number of nitrogens with one attached hydrogen (secondary N) is 2. The monoisotopic (exact) mass is 394 g/mol. The Balaban J connectivity index is 1.74. The molecule has 0 bridgehead atoms. The van der Waals surface area contributed by atoms with Gasteiger partial charge in [0.05, 0.1) is 19.4 Å². The van der Waals surface area contributed by atoms with E-state index >= 15 is 0 Å². The van der Waals surface area contributed by atoms with Crippen molar-refractivity contribution in [1.82, 2.24) is 5.32 Å². The third-order valence-corrected chi connectivity index (χ3v) is 5.57. The van der Waals surface area contributed by atoms with Gasteiger partial charge in [-0.15, -0.1) is 0 Å². The van der Waals surface area contributed by atoms with Gasteiger partial charge in [0.15, 0.2) is 0 Å². The number of methoxy groups -OCH3 is 1. The molecule has 1 aromatic rings. The molecular formula is C19H26N2O5S. The highest BCUT2D eigenvalue weighted by Crippen LogP contribution is 2.24. The quantitative estimate of drug-likeness (QED) is 0.462. The first-order chi connectivity index (χ1) is 13.0. The zero-order chi connectivity index (χ0) is 19.6. The summed E-state index contributed by atoms with van der Waals surface area (Å²) in [4.78, 5) is 34.2. The second kappa shape index (κ2) is 10.8. The van der Waals surface area contributed by atoms with Crippen LogP contribution in [0.2, 0.25) is 0 Å². The minimum Gasteiger partial charge on any atom is -0.481 e. The molecule has 1 aromatic carbocycles. The maximum atomic E-state index is 12.2. The smallest absolute Gasteiger partial charge is 0.319 e. The zero-order valence-electron chi connectivity index (χ0n) is 15.4. The fraction of sp³-hybridized carbons (Fsp3) is 0.526. The number of benzene rings is 1. The number of aliphatic carboxylic acids is 1. The molecule has 1 fully saturated rings. The molecule has 7 nitrogen and oxygen atoms in total. The number of anilines is 1. The van der Waals surface area contributed by atoms with Crippen molar-refractivity contribution in [2.24, 2.45) is 5.92 Å². The van der Waals surface area contributed by atoms with Crippen molar-refractivity contribution in [1.29, 1.82) is 0 Å². The van der Waals surface area contributed by atoms with Crippen LogP contribution in [0.15, 0.2) is 24.3 Å². The topological polar surface area (TPSA) is 105 Å². The molecule has 0 aromatic heterocycles. The van der Waals surface area contributed by atoms with Crippen LogP contribution in [0.25, 0.3) is 0 Å². The van der Waals surface area contributed by atoms with Gasteiger partial charge in [0.25, 0.3) is 0 Å². The molecule has 8 heteroatoms. The maximum absolute atomic E-state index is 12.2. The van der Waals surface area contributed by atoms with Crippen molar-refractivity contribution in [3.8, 4) is 0 Å². The van der Waals surface area contributed by atoms with Crippen LogP contribution in [0.5, 0.6) is 0 Å². The lowest BCUT2D eigenvalue weighted by molar-refractivity contribution is -0.143. The third kappa shape index (κ3) is 7.50. The Kier molecular flexibility index (Phi) is 8.44. The molecular weight excluding hydrogens is 368 g/mol. The molecule has 0 aliphatic heterocycles. The summed E-state index contributed by atoms with van der Waals surface area (Å²) in [5.41, 5.74) is 1.77. The van der Waals surface area contributed by atoms with E-state index in [2.05, 4.69) is 15.4 Å². The van der Waals surface area contributed by atoms with Crippen molar-refractivity contribution < 1.29 is 24.2 Å². The molecule has 0 heterocycles. The van der Waals surface area contributed by atoms with E-state index in [1.54, 1.807) is 11.8 Å². The lowest BCUT2D eigenvalue weighted by Gasteiger charge is -2.26. The number of esters is 1. The van der Waals surface area contributed by atoms with Crippen LogP contribution in [-0.2, 0) is 20.1 Å². The fourth-order valence-electron chi connectivity index (χ4n) is 3.02. The van der Waals surface area contributed by atoms with Gasteiger partial charge in [-0.25, -0.2) is 4.79 Å². The second-order valence-corrected chi connectivity index (χ2v) is 7.67. The summed E-state index contributed by atoms with van der Waals surface area (Å²) in [6.07, 6.45) is 2.94. The van der Waals surface area contributed by atoms with Crippen LogP contribution < -0.4 is 10.6 Å². The van der Waals surface area contributed by atoms with Crippen LogP contribution in [0.3, 0.4) is 0 Å². The number of ether oxygens (including phenoxy) is 1. The normalized spacial score (nSPS) is 19.1. The minimum absolute atomic E-state index is 0.0117. The van der Waals surface area contributed by atoms with Crippen molar-refractivity contribution in [3.05, 3.63) is 29.8 Å². The average molecular weight is 394 g/mol. The number of carbonyl (C=O) groups is 3. The molecule has 0 radical (unpaired) electrons. The van der Waals surface area contributed by atoms with E-state index in [1.807, 2.05) is 24.3 Å². The van der Waals surface area contributed by atoms with Gasteiger partial charge in [0.1, 0.15) is 0 Å². The van der Waals surface area contributed by atoms with Crippen LogP contribution in [0.1, 0.15) is 37.7 Å². The summed E-state index contributed by atoms with van der Waals surface area (Å²) in [7, 11) is 1.38. The van der Waals surface area contributed by atoms with Crippen molar-refractivity contribution in [2.75, 3.05) is 18.2 Å². The van der Waals surface area contributed by atoms with E-state index in [4.69, 9.17) is 5.11 Å². The zero-order valence-corrected chi connectivity index (χ0v) is 16.2. The van der Waals surface area contributed by atoms with E-state index < -0.39 is 5.97 Å². The van der Waals surface area contributed by atoms with Crippen molar-refractivity contribution in [3.63, 3.8) is 0 Å². The summed E-state index contributed by atoms with van der Waals surface area (Å²) in [5, 5.41) is 14.8. The van der Waals surface area contributed by atoms with Gasteiger partial charge in [-0.05, 0) is 43.4 Å². The predicted octanol–water partition coefficient (Wildman–Crippen LogP) is 3.25. The lowest BCUT2D eigenvalue weighted by Crippen LogP contribution is -2.40. The Hall–Kier alpha value is -2.22. The number of amides is 2. The molecule has 0 spiro atoms. The van der Waals surface area contributed by atoms with Gasteiger partial charge in [0, 0.05) is 23.2 Å². The van der Waals surface area contributed by atoms with E-state index in [0.717, 1.165) is 11.3 Å². The van der Waals surface area contributed by atoms with Gasteiger partial charge in [-0.1, -0.05) is 12.1 Å². The van der Waals surface area contributed by atoms with Crippen LogP contribution in [-0.4, -0.2) is 42.0 Å². The number of carbonyl (C=O) groups excluding carboxylic acids is 2. The minimum atomic E-state index is -0.751. The average Bonchev–Trinajstić information content (AvgIpc) is 2.65. The highest BCUT2D eigenvalue weighted by molar-refractivity contribution is 7.98. The van der Waals surface area contributed by atoms with E-state index in [-0.39, 0.29) is 24.0 Å². The molecule has 0 atom stereocenters.